The molecule has 0 atom stereocenters. The zero-order valence-corrected chi connectivity index (χ0v) is 22.5. The molecule has 0 N–H and O–H groups in total. The van der Waals surface area contributed by atoms with Crippen LogP contribution < -0.4 is 0 Å². The molecule has 0 saturated heterocycles. The van der Waals surface area contributed by atoms with Gasteiger partial charge in [0, 0.05) is 36.9 Å². The van der Waals surface area contributed by atoms with Crippen molar-refractivity contribution in [2.45, 2.75) is 0 Å². The number of para-hydroxylation sites is 1. The Hall–Kier alpha value is -4.99. The number of aromatic nitrogens is 2. The van der Waals surface area contributed by atoms with Crippen LogP contribution >= 0.6 is 11.3 Å². The van der Waals surface area contributed by atoms with Crippen molar-refractivity contribution in [1.29, 1.82) is 0 Å². The first kappa shape index (κ1) is 22.9. The molecular formula is C37H24N2S. The van der Waals surface area contributed by atoms with E-state index in [0.29, 0.717) is 0 Å². The third-order valence-corrected chi connectivity index (χ3v) is 8.90. The SMILES string of the molecule is c1ccc(-c2cccc(-n3c4ccccc4c4c5sc(-c6ccccc6)c(-c6ccccc6)c5ccc43)n2)cc1. The smallest absolute Gasteiger partial charge is 0.138 e. The maximum Gasteiger partial charge on any atom is 0.138 e. The monoisotopic (exact) mass is 528 g/mol. The van der Waals surface area contributed by atoms with Crippen LogP contribution in [0.2, 0.25) is 0 Å². The minimum absolute atomic E-state index is 0.926. The Morgan fingerprint density at radius 1 is 0.475 bits per heavy atom. The summed E-state index contributed by atoms with van der Waals surface area (Å²) >= 11 is 1.89. The summed E-state index contributed by atoms with van der Waals surface area (Å²) in [6.07, 6.45) is 0. The van der Waals surface area contributed by atoms with Crippen LogP contribution in [0.15, 0.2) is 146 Å². The number of benzene rings is 5. The molecular weight excluding hydrogens is 504 g/mol. The van der Waals surface area contributed by atoms with Crippen molar-refractivity contribution < 1.29 is 0 Å². The van der Waals surface area contributed by atoms with Gasteiger partial charge in [-0.3, -0.25) is 4.57 Å². The lowest BCUT2D eigenvalue weighted by atomic mass is 9.98. The third-order valence-electron chi connectivity index (χ3n) is 7.62. The Labute approximate surface area is 236 Å². The Morgan fingerprint density at radius 2 is 1.12 bits per heavy atom. The summed E-state index contributed by atoms with van der Waals surface area (Å²) in [5, 5.41) is 3.82. The lowest BCUT2D eigenvalue weighted by Gasteiger charge is -2.09. The van der Waals surface area contributed by atoms with Gasteiger partial charge in [-0.1, -0.05) is 121 Å². The average molecular weight is 529 g/mol. The quantitative estimate of drug-likeness (QED) is 0.222. The largest absolute Gasteiger partial charge is 0.294 e. The number of pyridine rings is 1. The molecule has 0 saturated carbocycles. The molecule has 0 aliphatic carbocycles. The van der Waals surface area contributed by atoms with Gasteiger partial charge in [0.2, 0.25) is 0 Å². The maximum absolute atomic E-state index is 5.15. The molecule has 3 aromatic heterocycles. The van der Waals surface area contributed by atoms with Crippen molar-refractivity contribution in [2.75, 3.05) is 0 Å². The van der Waals surface area contributed by atoms with E-state index in [1.165, 1.54) is 53.5 Å². The van der Waals surface area contributed by atoms with Gasteiger partial charge in [-0.05, 0) is 35.4 Å². The number of hydrogen-bond donors (Lipinski definition) is 0. The second-order valence-corrected chi connectivity index (χ2v) is 11.0. The molecule has 3 heterocycles. The van der Waals surface area contributed by atoms with Crippen LogP contribution in [0.5, 0.6) is 0 Å². The van der Waals surface area contributed by atoms with Crippen molar-refractivity contribution in [3.63, 3.8) is 0 Å². The van der Waals surface area contributed by atoms with Crippen molar-refractivity contribution >= 4 is 43.2 Å². The Bertz CT molecular complexity index is 2140. The zero-order chi connectivity index (χ0) is 26.5. The fourth-order valence-electron chi connectivity index (χ4n) is 5.86. The van der Waals surface area contributed by atoms with Gasteiger partial charge in [0.15, 0.2) is 0 Å². The molecule has 188 valence electrons. The number of nitrogens with zero attached hydrogens (tertiary/aromatic N) is 2. The summed E-state index contributed by atoms with van der Waals surface area (Å²) in [4.78, 5) is 6.45. The molecule has 8 rings (SSSR count). The first-order valence-electron chi connectivity index (χ1n) is 13.5. The first-order chi connectivity index (χ1) is 19.9. The molecule has 0 aliphatic heterocycles. The maximum atomic E-state index is 5.15. The van der Waals surface area contributed by atoms with Gasteiger partial charge < -0.3 is 0 Å². The number of hydrogen-bond acceptors (Lipinski definition) is 2. The van der Waals surface area contributed by atoms with Crippen LogP contribution in [0, 0.1) is 0 Å². The van der Waals surface area contributed by atoms with Gasteiger partial charge in [-0.25, -0.2) is 4.98 Å². The standard InChI is InChI=1S/C37H24N2S/c1-4-13-25(14-5-1)30-20-12-22-33(38-30)39-31-21-11-10-19-28(31)35-32(39)24-23-29-34(26-15-6-2-7-16-26)36(40-37(29)35)27-17-8-3-9-18-27/h1-24H. The van der Waals surface area contributed by atoms with Crippen molar-refractivity contribution in [3.8, 4) is 38.6 Å². The fraction of sp³-hybridized carbons (Fsp3) is 0. The van der Waals surface area contributed by atoms with Crippen molar-refractivity contribution in [3.05, 3.63) is 146 Å². The highest BCUT2D eigenvalue weighted by Crippen LogP contribution is 2.49. The first-order valence-corrected chi connectivity index (χ1v) is 14.3. The summed E-state index contributed by atoms with van der Waals surface area (Å²) < 4.78 is 3.63. The molecule has 0 spiro atoms. The third kappa shape index (κ3) is 3.59. The summed E-state index contributed by atoms with van der Waals surface area (Å²) in [5.41, 5.74) is 8.22. The van der Waals surface area contributed by atoms with E-state index in [-0.39, 0.29) is 0 Å². The zero-order valence-electron chi connectivity index (χ0n) is 21.7. The summed E-state index contributed by atoms with van der Waals surface area (Å²) in [6.45, 7) is 0. The van der Waals surface area contributed by atoms with Crippen LogP contribution in [0.25, 0.3) is 70.5 Å². The van der Waals surface area contributed by atoms with Crippen molar-refractivity contribution in [1.82, 2.24) is 9.55 Å². The second-order valence-electron chi connectivity index (χ2n) is 9.97. The van der Waals surface area contributed by atoms with Crippen molar-refractivity contribution in [2.24, 2.45) is 0 Å². The van der Waals surface area contributed by atoms with Gasteiger partial charge in [0.05, 0.1) is 16.7 Å². The highest BCUT2D eigenvalue weighted by Gasteiger charge is 2.21. The Balaban J connectivity index is 1.46. The van der Waals surface area contributed by atoms with E-state index in [9.17, 15) is 0 Å². The summed E-state index contributed by atoms with van der Waals surface area (Å²) in [6, 6.07) is 51.6. The summed E-state index contributed by atoms with van der Waals surface area (Å²) in [7, 11) is 0. The van der Waals surface area contributed by atoms with Gasteiger partial charge in [0.1, 0.15) is 5.82 Å². The van der Waals surface area contributed by atoms with E-state index in [1.807, 2.05) is 17.4 Å². The van der Waals surface area contributed by atoms with E-state index in [1.54, 1.807) is 0 Å². The van der Waals surface area contributed by atoms with E-state index >= 15 is 0 Å². The average Bonchev–Trinajstić information content (AvgIpc) is 3.59. The normalized spacial score (nSPS) is 11.5. The number of fused-ring (bicyclic) bond motifs is 5. The molecule has 2 nitrogen and oxygen atoms in total. The predicted octanol–water partition coefficient (Wildman–Crippen LogP) is 10.4. The number of thiophene rings is 1. The van der Waals surface area contributed by atoms with Crippen LogP contribution in [0.1, 0.15) is 0 Å². The van der Waals surface area contributed by atoms with E-state index < -0.39 is 0 Å². The van der Waals surface area contributed by atoms with Crippen LogP contribution in [-0.2, 0) is 0 Å². The molecule has 8 aromatic rings. The number of rotatable bonds is 4. The highest BCUT2D eigenvalue weighted by molar-refractivity contribution is 7.24. The molecule has 5 aromatic carbocycles. The molecule has 3 heteroatoms. The highest BCUT2D eigenvalue weighted by atomic mass is 32.1. The molecule has 0 aliphatic rings. The van der Waals surface area contributed by atoms with Gasteiger partial charge in [-0.15, -0.1) is 11.3 Å². The molecule has 0 radical (unpaired) electrons. The molecule has 0 unspecified atom stereocenters. The van der Waals surface area contributed by atoms with E-state index in [4.69, 9.17) is 4.98 Å². The molecule has 0 amide bonds. The van der Waals surface area contributed by atoms with Crippen LogP contribution in [0.3, 0.4) is 0 Å². The fourth-order valence-corrected chi connectivity index (χ4v) is 7.24. The lowest BCUT2D eigenvalue weighted by Crippen LogP contribution is -1.98. The Kier molecular flexibility index (Phi) is 5.35. The minimum Gasteiger partial charge on any atom is -0.294 e. The van der Waals surface area contributed by atoms with Gasteiger partial charge in [-0.2, -0.15) is 0 Å². The van der Waals surface area contributed by atoms with Gasteiger partial charge in [0.25, 0.3) is 0 Å². The molecule has 0 bridgehead atoms. The molecule has 0 fully saturated rings. The minimum atomic E-state index is 0.926. The predicted molar refractivity (Wildman–Crippen MR) is 170 cm³/mol. The van der Waals surface area contributed by atoms with E-state index in [2.05, 4.69) is 144 Å². The molecule has 40 heavy (non-hydrogen) atoms. The van der Waals surface area contributed by atoms with E-state index in [0.717, 1.165) is 17.1 Å². The van der Waals surface area contributed by atoms with Crippen LogP contribution in [0.4, 0.5) is 0 Å². The summed E-state index contributed by atoms with van der Waals surface area (Å²) in [5.74, 6) is 0.926. The topological polar surface area (TPSA) is 17.8 Å². The Morgan fingerprint density at radius 3 is 1.88 bits per heavy atom. The van der Waals surface area contributed by atoms with Gasteiger partial charge >= 0.3 is 0 Å². The lowest BCUT2D eigenvalue weighted by molar-refractivity contribution is 1.08. The second kappa shape index (κ2) is 9.33. The van der Waals surface area contributed by atoms with Crippen LogP contribution in [-0.4, -0.2) is 9.55 Å².